The van der Waals surface area contributed by atoms with E-state index in [4.69, 9.17) is 0 Å². The van der Waals surface area contributed by atoms with Gasteiger partial charge < -0.3 is 20.2 Å². The average Bonchev–Trinajstić information content (AvgIpc) is 2.78. The van der Waals surface area contributed by atoms with E-state index in [-0.39, 0.29) is 11.9 Å². The fraction of sp³-hybridized carbons (Fsp3) is 0.600. The van der Waals surface area contributed by atoms with Crippen molar-refractivity contribution in [1.29, 1.82) is 0 Å². The van der Waals surface area contributed by atoms with Gasteiger partial charge in [-0.3, -0.25) is 4.79 Å². The smallest absolute Gasteiger partial charge is 0.254 e. The van der Waals surface area contributed by atoms with Crippen molar-refractivity contribution in [2.24, 2.45) is 0 Å². The van der Waals surface area contributed by atoms with Gasteiger partial charge in [0, 0.05) is 37.4 Å². The summed E-state index contributed by atoms with van der Waals surface area (Å²) in [6.07, 6.45) is 1.84. The fourth-order valence-corrected chi connectivity index (χ4v) is 2.74. The first-order valence-electron chi connectivity index (χ1n) is 7.35. The number of β-amino-alcohol motifs (C(OH)–C–C–N with tert-alkyl or cyclic N) is 1. The van der Waals surface area contributed by atoms with Gasteiger partial charge in [-0.1, -0.05) is 0 Å². The third kappa shape index (κ3) is 3.92. The number of hydrogen-bond acceptors (Lipinski definition) is 5. The van der Waals surface area contributed by atoms with Gasteiger partial charge in [-0.2, -0.15) is 0 Å². The zero-order chi connectivity index (χ0) is 15.4. The molecule has 1 aromatic rings. The van der Waals surface area contributed by atoms with Crippen molar-refractivity contribution in [3.8, 4) is 0 Å². The summed E-state index contributed by atoms with van der Waals surface area (Å²) in [6, 6.07) is 3.54. The molecule has 0 radical (unpaired) electrons. The number of hydrogen-bond donors (Lipinski definition) is 2. The predicted molar refractivity (Wildman–Crippen MR) is 82.4 cm³/mol. The molecule has 6 heteroatoms. The zero-order valence-corrected chi connectivity index (χ0v) is 12.9. The number of aromatic nitrogens is 1. The van der Waals surface area contributed by atoms with Crippen LogP contribution in [0.15, 0.2) is 18.3 Å². The van der Waals surface area contributed by atoms with Gasteiger partial charge in [-0.25, -0.2) is 4.98 Å². The number of rotatable bonds is 5. The topological polar surface area (TPSA) is 68.7 Å². The summed E-state index contributed by atoms with van der Waals surface area (Å²) in [6.45, 7) is 3.90. The van der Waals surface area contributed by atoms with E-state index in [0.717, 1.165) is 13.1 Å². The number of anilines is 1. The molecule has 2 unspecified atom stereocenters. The molecule has 1 aliphatic heterocycles. The number of pyridine rings is 1. The minimum atomic E-state index is -0.436. The van der Waals surface area contributed by atoms with E-state index < -0.39 is 6.10 Å². The number of amides is 1. The molecule has 116 valence electrons. The van der Waals surface area contributed by atoms with E-state index in [2.05, 4.69) is 10.3 Å². The lowest BCUT2D eigenvalue weighted by molar-refractivity contribution is 0.0699. The summed E-state index contributed by atoms with van der Waals surface area (Å²) in [5, 5.41) is 13.0. The molecule has 1 aliphatic rings. The van der Waals surface area contributed by atoms with Crippen LogP contribution in [0.3, 0.4) is 0 Å². The average molecular weight is 292 g/mol. The molecule has 6 nitrogen and oxygen atoms in total. The number of aliphatic hydroxyl groups is 1. The number of carbonyl (C=O) groups excluding carboxylic acids is 1. The van der Waals surface area contributed by atoms with Gasteiger partial charge in [0.05, 0.1) is 6.10 Å². The Morgan fingerprint density at radius 1 is 1.57 bits per heavy atom. The standard InChI is InChI=1S/C15H24N4O2/c1-4-16-14-7-11(5-6-17-14)15(21)19-10-13(20)8-12(19)9-18(2)3/h5-7,12-13,20H,4,8-10H2,1-3H3,(H,16,17). The van der Waals surface area contributed by atoms with E-state index in [9.17, 15) is 9.90 Å². The number of likely N-dealkylation sites (tertiary alicyclic amines) is 1. The number of aliphatic hydroxyl groups excluding tert-OH is 1. The van der Waals surface area contributed by atoms with Crippen LogP contribution < -0.4 is 5.32 Å². The number of likely N-dealkylation sites (N-methyl/N-ethyl adjacent to an activating group) is 1. The highest BCUT2D eigenvalue weighted by Gasteiger charge is 2.34. The van der Waals surface area contributed by atoms with Crippen molar-refractivity contribution in [3.63, 3.8) is 0 Å². The highest BCUT2D eigenvalue weighted by atomic mass is 16.3. The van der Waals surface area contributed by atoms with Crippen LogP contribution in [-0.4, -0.2) is 71.7 Å². The second-order valence-corrected chi connectivity index (χ2v) is 5.72. The Morgan fingerprint density at radius 2 is 2.33 bits per heavy atom. The quantitative estimate of drug-likeness (QED) is 0.834. The van der Waals surface area contributed by atoms with Gasteiger partial charge in [0.15, 0.2) is 0 Å². The van der Waals surface area contributed by atoms with Crippen molar-refractivity contribution in [2.75, 3.05) is 39.0 Å². The highest BCUT2D eigenvalue weighted by molar-refractivity contribution is 5.95. The minimum absolute atomic E-state index is 0.0417. The van der Waals surface area contributed by atoms with Crippen molar-refractivity contribution in [1.82, 2.24) is 14.8 Å². The number of nitrogens with one attached hydrogen (secondary N) is 1. The molecule has 0 bridgehead atoms. The summed E-state index contributed by atoms with van der Waals surface area (Å²) >= 11 is 0. The fourth-order valence-electron chi connectivity index (χ4n) is 2.74. The first-order valence-corrected chi connectivity index (χ1v) is 7.35. The van der Waals surface area contributed by atoms with Crippen LogP contribution in [0.25, 0.3) is 0 Å². The summed E-state index contributed by atoms with van der Waals surface area (Å²) in [5.41, 5.74) is 0.610. The summed E-state index contributed by atoms with van der Waals surface area (Å²) in [5.74, 6) is 0.659. The van der Waals surface area contributed by atoms with Gasteiger partial charge in [-0.15, -0.1) is 0 Å². The first kappa shape index (κ1) is 15.7. The van der Waals surface area contributed by atoms with Crippen molar-refractivity contribution in [3.05, 3.63) is 23.9 Å². The Balaban J connectivity index is 2.15. The molecule has 0 aliphatic carbocycles. The molecule has 0 saturated carbocycles. The molecule has 21 heavy (non-hydrogen) atoms. The molecule has 0 spiro atoms. The maximum absolute atomic E-state index is 12.7. The second kappa shape index (κ2) is 6.87. The molecule has 0 aromatic carbocycles. The van der Waals surface area contributed by atoms with E-state index in [1.54, 1.807) is 23.2 Å². The largest absolute Gasteiger partial charge is 0.391 e. The van der Waals surface area contributed by atoms with Gasteiger partial charge in [0.2, 0.25) is 0 Å². The Labute approximate surface area is 125 Å². The van der Waals surface area contributed by atoms with Crippen LogP contribution in [0, 0.1) is 0 Å². The third-order valence-electron chi connectivity index (χ3n) is 3.59. The molecule has 2 N–H and O–H groups in total. The van der Waals surface area contributed by atoms with Gasteiger partial charge >= 0.3 is 0 Å². The Morgan fingerprint density at radius 3 is 3.00 bits per heavy atom. The normalized spacial score (nSPS) is 21.9. The maximum atomic E-state index is 12.7. The molecule has 2 heterocycles. The first-order chi connectivity index (χ1) is 10.0. The Hall–Kier alpha value is -1.66. The lowest BCUT2D eigenvalue weighted by atomic mass is 10.1. The van der Waals surface area contributed by atoms with Crippen LogP contribution >= 0.6 is 0 Å². The van der Waals surface area contributed by atoms with E-state index >= 15 is 0 Å². The van der Waals surface area contributed by atoms with E-state index in [0.29, 0.717) is 24.3 Å². The second-order valence-electron chi connectivity index (χ2n) is 5.72. The third-order valence-corrected chi connectivity index (χ3v) is 3.59. The zero-order valence-electron chi connectivity index (χ0n) is 12.9. The van der Waals surface area contributed by atoms with Crippen LogP contribution in [0.4, 0.5) is 5.82 Å². The Kier molecular flexibility index (Phi) is 5.14. The SMILES string of the molecule is CCNc1cc(C(=O)N2CC(O)CC2CN(C)C)ccn1. The number of carbonyl (C=O) groups is 1. The number of nitrogens with zero attached hydrogens (tertiary/aromatic N) is 3. The van der Waals surface area contributed by atoms with Crippen LogP contribution in [0.1, 0.15) is 23.7 Å². The Bertz CT molecular complexity index is 492. The lowest BCUT2D eigenvalue weighted by Gasteiger charge is -2.27. The molecular weight excluding hydrogens is 268 g/mol. The predicted octanol–water partition coefficient (Wildman–Crippen LogP) is 0.650. The molecule has 1 fully saturated rings. The van der Waals surface area contributed by atoms with Gasteiger partial charge in [0.25, 0.3) is 5.91 Å². The lowest BCUT2D eigenvalue weighted by Crippen LogP contribution is -2.41. The van der Waals surface area contributed by atoms with Crippen molar-refractivity contribution < 1.29 is 9.90 Å². The molecular formula is C15H24N4O2. The van der Waals surface area contributed by atoms with E-state index in [1.807, 2.05) is 25.9 Å². The van der Waals surface area contributed by atoms with Crippen molar-refractivity contribution in [2.45, 2.75) is 25.5 Å². The van der Waals surface area contributed by atoms with Gasteiger partial charge in [0.1, 0.15) is 5.82 Å². The monoisotopic (exact) mass is 292 g/mol. The summed E-state index contributed by atoms with van der Waals surface area (Å²) < 4.78 is 0. The highest BCUT2D eigenvalue weighted by Crippen LogP contribution is 2.21. The summed E-state index contributed by atoms with van der Waals surface area (Å²) in [4.78, 5) is 20.7. The maximum Gasteiger partial charge on any atom is 0.254 e. The van der Waals surface area contributed by atoms with E-state index in [1.165, 1.54) is 0 Å². The minimum Gasteiger partial charge on any atom is -0.391 e. The van der Waals surface area contributed by atoms with Crippen LogP contribution in [0.2, 0.25) is 0 Å². The van der Waals surface area contributed by atoms with Gasteiger partial charge in [-0.05, 0) is 39.6 Å². The van der Waals surface area contributed by atoms with Crippen molar-refractivity contribution >= 4 is 11.7 Å². The van der Waals surface area contributed by atoms with Crippen LogP contribution in [-0.2, 0) is 0 Å². The molecule has 1 saturated heterocycles. The van der Waals surface area contributed by atoms with Crippen LogP contribution in [0.5, 0.6) is 0 Å². The molecule has 1 aromatic heterocycles. The molecule has 2 rings (SSSR count). The molecule has 2 atom stereocenters. The molecule has 1 amide bonds. The summed E-state index contributed by atoms with van der Waals surface area (Å²) in [7, 11) is 3.95.